The number of benzene rings is 4. The van der Waals surface area contributed by atoms with Crippen LogP contribution in [0, 0.1) is 0 Å². The molecule has 0 bridgehead atoms. The van der Waals surface area contributed by atoms with Crippen molar-refractivity contribution in [3.8, 4) is 0 Å². The number of amides is 2. The quantitative estimate of drug-likeness (QED) is 0.163. The minimum atomic E-state index is -4.77. The van der Waals surface area contributed by atoms with Crippen molar-refractivity contribution in [3.63, 3.8) is 0 Å². The van der Waals surface area contributed by atoms with Crippen LogP contribution in [0.25, 0.3) is 0 Å². The molecule has 0 aliphatic carbocycles. The molecule has 2 atom stereocenters. The van der Waals surface area contributed by atoms with Crippen molar-refractivity contribution in [2.24, 2.45) is 0 Å². The van der Waals surface area contributed by atoms with Gasteiger partial charge in [-0.05, 0) is 66.9 Å². The van der Waals surface area contributed by atoms with Gasteiger partial charge in [-0.15, -0.1) is 0 Å². The number of halogens is 4. The first-order valence-corrected chi connectivity index (χ1v) is 16.7. The summed E-state index contributed by atoms with van der Waals surface area (Å²) in [5, 5.41) is 3.32. The van der Waals surface area contributed by atoms with Crippen LogP contribution in [-0.2, 0) is 38.8 Å². The number of nitrogens with zero attached hydrogens (tertiary/aromatic N) is 2. The van der Waals surface area contributed by atoms with Crippen LogP contribution in [0.15, 0.2) is 114 Å². The summed E-state index contributed by atoms with van der Waals surface area (Å²) < 4.78 is 69.9. The molecule has 12 heteroatoms. The molecule has 7 nitrogen and oxygen atoms in total. The van der Waals surface area contributed by atoms with Gasteiger partial charge in [0.1, 0.15) is 12.6 Å². The fourth-order valence-electron chi connectivity index (χ4n) is 4.91. The molecule has 0 saturated carbocycles. The molecule has 2 amide bonds. The second kappa shape index (κ2) is 15.5. The van der Waals surface area contributed by atoms with E-state index in [9.17, 15) is 31.2 Å². The molecule has 4 rings (SSSR count). The van der Waals surface area contributed by atoms with E-state index in [1.807, 2.05) is 19.9 Å². The third kappa shape index (κ3) is 9.36. The predicted molar refractivity (Wildman–Crippen MR) is 176 cm³/mol. The van der Waals surface area contributed by atoms with Gasteiger partial charge in [-0.1, -0.05) is 85.3 Å². The molecule has 0 heterocycles. The van der Waals surface area contributed by atoms with Crippen molar-refractivity contribution in [2.45, 2.75) is 56.4 Å². The fourth-order valence-corrected chi connectivity index (χ4v) is 6.55. The minimum absolute atomic E-state index is 0.0877. The van der Waals surface area contributed by atoms with Gasteiger partial charge in [0.25, 0.3) is 10.0 Å². The van der Waals surface area contributed by atoms with E-state index in [2.05, 4.69) is 5.32 Å². The van der Waals surface area contributed by atoms with Crippen LogP contribution < -0.4 is 9.62 Å². The predicted octanol–water partition coefficient (Wildman–Crippen LogP) is 7.11. The molecule has 248 valence electrons. The highest BCUT2D eigenvalue weighted by atomic mass is 35.5. The summed E-state index contributed by atoms with van der Waals surface area (Å²) in [5.41, 5.74) is -0.131. The number of sulfonamides is 1. The summed E-state index contributed by atoms with van der Waals surface area (Å²) in [5.74, 6) is -1.27. The maximum Gasteiger partial charge on any atom is 0.416 e. The molecule has 0 aliphatic rings. The molecular weight excluding hydrogens is 651 g/mol. The summed E-state index contributed by atoms with van der Waals surface area (Å²) in [4.78, 5) is 29.4. The Balaban J connectivity index is 1.84. The van der Waals surface area contributed by atoms with E-state index < -0.39 is 46.2 Å². The lowest BCUT2D eigenvalue weighted by Crippen LogP contribution is -2.54. The lowest BCUT2D eigenvalue weighted by atomic mass is 10.0. The topological polar surface area (TPSA) is 86.8 Å². The smallest absolute Gasteiger partial charge is 0.352 e. The zero-order chi connectivity index (χ0) is 34.2. The normalized spacial score (nSPS) is 13.0. The van der Waals surface area contributed by atoms with Crippen LogP contribution in [0.3, 0.4) is 0 Å². The van der Waals surface area contributed by atoms with Crippen molar-refractivity contribution >= 4 is 39.1 Å². The zero-order valence-electron chi connectivity index (χ0n) is 25.8. The maximum atomic E-state index is 14.5. The number of hydrogen-bond acceptors (Lipinski definition) is 4. The van der Waals surface area contributed by atoms with E-state index >= 15 is 0 Å². The SMILES string of the molecule is CC[C@H](C)NC(=O)[C@@H](Cc1ccccc1)N(Cc1cccc(Cl)c1)C(=O)CN(c1cccc(C(F)(F)F)c1)S(=O)(=O)c1ccccc1. The van der Waals surface area contributed by atoms with Crippen molar-refractivity contribution in [1.29, 1.82) is 0 Å². The van der Waals surface area contributed by atoms with Crippen molar-refractivity contribution in [1.82, 2.24) is 10.2 Å². The first-order chi connectivity index (χ1) is 22.3. The fraction of sp³-hybridized carbons (Fsp3) is 0.257. The molecule has 0 aliphatic heterocycles. The number of nitrogens with one attached hydrogen (secondary N) is 1. The van der Waals surface area contributed by atoms with Gasteiger partial charge in [-0.25, -0.2) is 8.42 Å². The number of anilines is 1. The Hall–Kier alpha value is -4.35. The highest BCUT2D eigenvalue weighted by molar-refractivity contribution is 7.92. The van der Waals surface area contributed by atoms with Crippen molar-refractivity contribution < 1.29 is 31.2 Å². The maximum absolute atomic E-state index is 14.5. The molecule has 47 heavy (non-hydrogen) atoms. The summed E-state index contributed by atoms with van der Waals surface area (Å²) >= 11 is 6.25. The summed E-state index contributed by atoms with van der Waals surface area (Å²) in [6.45, 7) is 2.70. The molecule has 0 fully saturated rings. The van der Waals surface area contributed by atoms with Crippen LogP contribution in [0.1, 0.15) is 37.0 Å². The van der Waals surface area contributed by atoms with Gasteiger partial charge in [0.15, 0.2) is 0 Å². The third-order valence-electron chi connectivity index (χ3n) is 7.59. The Morgan fingerprint density at radius 3 is 2.09 bits per heavy atom. The standard InChI is InChI=1S/C35H35ClF3N3O4S/c1-3-25(2)40-34(44)32(21-26-12-6-4-7-13-26)41(23-27-14-10-16-29(36)20-27)33(43)24-42(47(45,46)31-18-8-5-9-19-31)30-17-11-15-28(22-30)35(37,38)39/h4-20,22,25,32H,3,21,23-24H2,1-2H3,(H,40,44)/t25-,32+/m0/s1. The lowest BCUT2D eigenvalue weighted by Gasteiger charge is -2.34. The Bertz CT molecular complexity index is 1770. The Morgan fingerprint density at radius 1 is 0.851 bits per heavy atom. The molecule has 0 spiro atoms. The largest absolute Gasteiger partial charge is 0.416 e. The van der Waals surface area contributed by atoms with Crippen molar-refractivity contribution in [3.05, 3.63) is 131 Å². The van der Waals surface area contributed by atoms with Gasteiger partial charge in [0, 0.05) is 24.0 Å². The highest BCUT2D eigenvalue weighted by Crippen LogP contribution is 2.33. The summed E-state index contributed by atoms with van der Waals surface area (Å²) in [6.07, 6.45) is -4.06. The van der Waals surface area contributed by atoms with Crippen LogP contribution in [0.4, 0.5) is 18.9 Å². The number of carbonyl (C=O) groups excluding carboxylic acids is 2. The van der Waals surface area contributed by atoms with Gasteiger partial charge < -0.3 is 10.2 Å². The molecule has 4 aromatic carbocycles. The monoisotopic (exact) mass is 685 g/mol. The average molecular weight is 686 g/mol. The first-order valence-electron chi connectivity index (χ1n) is 14.9. The van der Waals surface area contributed by atoms with Gasteiger partial charge in [0.2, 0.25) is 11.8 Å². The number of carbonyl (C=O) groups is 2. The van der Waals surface area contributed by atoms with E-state index in [4.69, 9.17) is 11.6 Å². The third-order valence-corrected chi connectivity index (χ3v) is 9.61. The van der Waals surface area contributed by atoms with Gasteiger partial charge in [-0.2, -0.15) is 13.2 Å². The van der Waals surface area contributed by atoms with Gasteiger partial charge in [0.05, 0.1) is 16.1 Å². The number of hydrogen-bond donors (Lipinski definition) is 1. The van der Waals surface area contributed by atoms with E-state index in [-0.39, 0.29) is 29.6 Å². The van der Waals surface area contributed by atoms with Gasteiger partial charge in [-0.3, -0.25) is 13.9 Å². The van der Waals surface area contributed by atoms with Crippen LogP contribution in [0.2, 0.25) is 5.02 Å². The second-order valence-corrected chi connectivity index (χ2v) is 13.3. The zero-order valence-corrected chi connectivity index (χ0v) is 27.4. The van der Waals surface area contributed by atoms with E-state index in [1.54, 1.807) is 54.6 Å². The van der Waals surface area contributed by atoms with Crippen LogP contribution >= 0.6 is 11.6 Å². The second-order valence-electron chi connectivity index (χ2n) is 11.0. The first kappa shape index (κ1) is 35.5. The molecule has 1 N–H and O–H groups in total. The van der Waals surface area contributed by atoms with E-state index in [1.165, 1.54) is 35.2 Å². The van der Waals surface area contributed by atoms with Gasteiger partial charge >= 0.3 is 6.18 Å². The number of alkyl halides is 3. The molecule has 0 unspecified atom stereocenters. The minimum Gasteiger partial charge on any atom is -0.352 e. The van der Waals surface area contributed by atoms with E-state index in [0.29, 0.717) is 27.4 Å². The highest BCUT2D eigenvalue weighted by Gasteiger charge is 2.36. The molecule has 0 aromatic heterocycles. The summed E-state index contributed by atoms with van der Waals surface area (Å²) in [7, 11) is -4.56. The number of rotatable bonds is 13. The Kier molecular flexibility index (Phi) is 11.7. The van der Waals surface area contributed by atoms with Crippen LogP contribution in [-0.4, -0.2) is 43.8 Å². The molecule has 0 radical (unpaired) electrons. The average Bonchev–Trinajstić information content (AvgIpc) is 3.05. The molecular formula is C35H35ClF3N3O4S. The van der Waals surface area contributed by atoms with E-state index in [0.717, 1.165) is 17.7 Å². The lowest BCUT2D eigenvalue weighted by molar-refractivity contribution is -0.140. The summed E-state index contributed by atoms with van der Waals surface area (Å²) in [6, 6.07) is 25.2. The Labute approximate surface area is 278 Å². The van der Waals surface area contributed by atoms with Crippen molar-refractivity contribution in [2.75, 3.05) is 10.8 Å². The molecule has 0 saturated heterocycles. The molecule has 4 aromatic rings. The Morgan fingerprint density at radius 2 is 1.47 bits per heavy atom. The van der Waals surface area contributed by atoms with Crippen LogP contribution in [0.5, 0.6) is 0 Å².